The molecule has 23 heavy (non-hydrogen) atoms. The average Bonchev–Trinajstić information content (AvgIpc) is 2.92. The Balaban J connectivity index is 2.07. The maximum atomic E-state index is 11.9. The summed E-state index contributed by atoms with van der Waals surface area (Å²) in [4.78, 5) is 36.0. The molecule has 0 atom stereocenters. The first-order chi connectivity index (χ1) is 10.9. The van der Waals surface area contributed by atoms with Gasteiger partial charge in [0.05, 0.1) is 22.2 Å². The summed E-state index contributed by atoms with van der Waals surface area (Å²) in [6.07, 6.45) is 0. The van der Waals surface area contributed by atoms with E-state index in [4.69, 9.17) is 32.7 Å². The third kappa shape index (κ3) is 4.05. The molecule has 1 aliphatic rings. The molecule has 1 heterocycles. The van der Waals surface area contributed by atoms with Crippen molar-refractivity contribution in [1.29, 1.82) is 0 Å². The fourth-order valence-electron chi connectivity index (χ4n) is 1.95. The molecule has 124 valence electrons. The van der Waals surface area contributed by atoms with Gasteiger partial charge in [0.15, 0.2) is 12.4 Å². The van der Waals surface area contributed by atoms with E-state index in [-0.39, 0.29) is 34.5 Å². The second-order valence-electron chi connectivity index (χ2n) is 4.56. The second kappa shape index (κ2) is 7.52. The van der Waals surface area contributed by atoms with Gasteiger partial charge in [0.1, 0.15) is 0 Å². The third-order valence-electron chi connectivity index (χ3n) is 3.01. The van der Waals surface area contributed by atoms with Gasteiger partial charge in [0, 0.05) is 13.1 Å². The number of ether oxygens (including phenoxy) is 2. The number of carbonyl (C=O) groups excluding carboxylic acids is 3. The van der Waals surface area contributed by atoms with Crippen molar-refractivity contribution < 1.29 is 23.9 Å². The summed E-state index contributed by atoms with van der Waals surface area (Å²) in [5, 5.41) is 2.65. The number of nitrogens with zero attached hydrogens (tertiary/aromatic N) is 1. The number of rotatable bonds is 5. The van der Waals surface area contributed by atoms with Crippen LogP contribution in [0.2, 0.25) is 10.0 Å². The molecule has 3 amide bonds. The standard InChI is InChI=1S/C14H14Cl2N2O5/c1-2-22-13(20)8-5-9(15)12(10(16)6-8)23-7-11(19)18-4-3-17-14(18)21/h5-6H,2-4,7H2,1H3,(H,17,21). The number of imide groups is 1. The van der Waals surface area contributed by atoms with E-state index in [0.29, 0.717) is 6.54 Å². The van der Waals surface area contributed by atoms with Crippen LogP contribution >= 0.6 is 23.2 Å². The Morgan fingerprint density at radius 2 is 1.96 bits per heavy atom. The van der Waals surface area contributed by atoms with Crippen molar-refractivity contribution in [3.8, 4) is 5.75 Å². The lowest BCUT2D eigenvalue weighted by atomic mass is 10.2. The maximum absolute atomic E-state index is 11.9. The summed E-state index contributed by atoms with van der Waals surface area (Å²) in [7, 11) is 0. The smallest absolute Gasteiger partial charge is 0.338 e. The highest BCUT2D eigenvalue weighted by Gasteiger charge is 2.26. The number of urea groups is 1. The third-order valence-corrected chi connectivity index (χ3v) is 3.57. The van der Waals surface area contributed by atoms with Crippen LogP contribution in [-0.2, 0) is 9.53 Å². The molecule has 2 rings (SSSR count). The van der Waals surface area contributed by atoms with Gasteiger partial charge in [-0.3, -0.25) is 9.69 Å². The van der Waals surface area contributed by atoms with Crippen LogP contribution in [0.5, 0.6) is 5.75 Å². The molecule has 0 radical (unpaired) electrons. The number of nitrogens with one attached hydrogen (secondary N) is 1. The van der Waals surface area contributed by atoms with Crippen molar-refractivity contribution in [3.63, 3.8) is 0 Å². The van der Waals surface area contributed by atoms with Gasteiger partial charge in [-0.05, 0) is 19.1 Å². The molecular weight excluding hydrogens is 347 g/mol. The molecule has 9 heteroatoms. The number of amides is 3. The molecule has 1 aromatic rings. The molecule has 0 spiro atoms. The molecule has 0 aromatic heterocycles. The van der Waals surface area contributed by atoms with Crippen molar-refractivity contribution >= 4 is 41.1 Å². The Morgan fingerprint density at radius 1 is 1.30 bits per heavy atom. The van der Waals surface area contributed by atoms with Crippen molar-refractivity contribution in [3.05, 3.63) is 27.7 Å². The summed E-state index contributed by atoms with van der Waals surface area (Å²) in [6.45, 7) is 2.19. The van der Waals surface area contributed by atoms with Gasteiger partial charge in [-0.2, -0.15) is 0 Å². The van der Waals surface area contributed by atoms with Gasteiger partial charge in [-0.1, -0.05) is 23.2 Å². The summed E-state index contributed by atoms with van der Waals surface area (Å²) in [5.74, 6) is -1.01. The lowest BCUT2D eigenvalue weighted by Crippen LogP contribution is -2.37. The molecule has 0 saturated carbocycles. The number of carbonyl (C=O) groups is 3. The predicted octanol–water partition coefficient (Wildman–Crippen LogP) is 2.10. The monoisotopic (exact) mass is 360 g/mol. The van der Waals surface area contributed by atoms with E-state index in [1.165, 1.54) is 12.1 Å². The molecule has 0 unspecified atom stereocenters. The van der Waals surface area contributed by atoms with Crippen molar-refractivity contribution in [2.24, 2.45) is 0 Å². The van der Waals surface area contributed by atoms with E-state index in [0.717, 1.165) is 4.90 Å². The van der Waals surface area contributed by atoms with Crippen LogP contribution in [0.25, 0.3) is 0 Å². The highest BCUT2D eigenvalue weighted by Crippen LogP contribution is 2.34. The zero-order valence-corrected chi connectivity index (χ0v) is 13.7. The normalized spacial score (nSPS) is 13.7. The van der Waals surface area contributed by atoms with Gasteiger partial charge in [-0.25, -0.2) is 9.59 Å². The van der Waals surface area contributed by atoms with E-state index in [1.54, 1.807) is 6.92 Å². The Bertz CT molecular complexity index is 627. The highest BCUT2D eigenvalue weighted by molar-refractivity contribution is 6.37. The van der Waals surface area contributed by atoms with E-state index in [2.05, 4.69) is 5.32 Å². The Morgan fingerprint density at radius 3 is 2.48 bits per heavy atom. The molecule has 0 bridgehead atoms. The largest absolute Gasteiger partial charge is 0.481 e. The van der Waals surface area contributed by atoms with Crippen LogP contribution in [0.4, 0.5) is 4.79 Å². The van der Waals surface area contributed by atoms with E-state index >= 15 is 0 Å². The first-order valence-corrected chi connectivity index (χ1v) is 7.56. The Hall–Kier alpha value is -1.99. The average molecular weight is 361 g/mol. The molecule has 7 nitrogen and oxygen atoms in total. The van der Waals surface area contributed by atoms with Crippen LogP contribution in [-0.4, -0.2) is 49.1 Å². The van der Waals surface area contributed by atoms with E-state index in [9.17, 15) is 14.4 Å². The van der Waals surface area contributed by atoms with Crippen LogP contribution in [0.15, 0.2) is 12.1 Å². The molecule has 1 N–H and O–H groups in total. The van der Waals surface area contributed by atoms with Crippen LogP contribution in [0, 0.1) is 0 Å². The fourth-order valence-corrected chi connectivity index (χ4v) is 2.55. The quantitative estimate of drug-likeness (QED) is 0.812. The highest BCUT2D eigenvalue weighted by atomic mass is 35.5. The van der Waals surface area contributed by atoms with Gasteiger partial charge in [0.25, 0.3) is 5.91 Å². The molecule has 1 aromatic carbocycles. The summed E-state index contributed by atoms with van der Waals surface area (Å²) < 4.78 is 10.2. The molecule has 1 fully saturated rings. The minimum Gasteiger partial charge on any atom is -0.481 e. The van der Waals surface area contributed by atoms with Crippen LogP contribution in [0.3, 0.4) is 0 Å². The number of benzene rings is 1. The molecule has 1 aliphatic heterocycles. The number of hydrogen-bond donors (Lipinski definition) is 1. The van der Waals surface area contributed by atoms with Crippen LogP contribution < -0.4 is 10.1 Å². The lowest BCUT2D eigenvalue weighted by Gasteiger charge is -2.14. The number of halogens is 2. The van der Waals surface area contributed by atoms with E-state index in [1.807, 2.05) is 0 Å². The fraction of sp³-hybridized carbons (Fsp3) is 0.357. The zero-order valence-electron chi connectivity index (χ0n) is 12.2. The summed E-state index contributed by atoms with van der Waals surface area (Å²) >= 11 is 12.1. The minimum absolute atomic E-state index is 0.0642. The predicted molar refractivity (Wildman–Crippen MR) is 83.0 cm³/mol. The van der Waals surface area contributed by atoms with Gasteiger partial charge in [0.2, 0.25) is 0 Å². The van der Waals surface area contributed by atoms with E-state index < -0.39 is 24.5 Å². The van der Waals surface area contributed by atoms with Crippen molar-refractivity contribution in [2.45, 2.75) is 6.92 Å². The zero-order chi connectivity index (χ0) is 17.0. The van der Waals surface area contributed by atoms with Gasteiger partial charge >= 0.3 is 12.0 Å². The topological polar surface area (TPSA) is 84.9 Å². The number of esters is 1. The number of hydrogen-bond acceptors (Lipinski definition) is 5. The minimum atomic E-state index is -0.562. The molecule has 1 saturated heterocycles. The SMILES string of the molecule is CCOC(=O)c1cc(Cl)c(OCC(=O)N2CCNC2=O)c(Cl)c1. The first kappa shape index (κ1) is 17.4. The van der Waals surface area contributed by atoms with Gasteiger partial charge < -0.3 is 14.8 Å². The second-order valence-corrected chi connectivity index (χ2v) is 5.37. The summed E-state index contributed by atoms with van der Waals surface area (Å²) in [6, 6.07) is 2.22. The molecule has 0 aliphatic carbocycles. The summed E-state index contributed by atoms with van der Waals surface area (Å²) in [5.41, 5.74) is 0.180. The van der Waals surface area contributed by atoms with Crippen molar-refractivity contribution in [1.82, 2.24) is 10.2 Å². The van der Waals surface area contributed by atoms with Crippen LogP contribution in [0.1, 0.15) is 17.3 Å². The van der Waals surface area contributed by atoms with Crippen molar-refractivity contribution in [2.75, 3.05) is 26.3 Å². The first-order valence-electron chi connectivity index (χ1n) is 6.81. The Kier molecular flexibility index (Phi) is 5.68. The molecular formula is C14H14Cl2N2O5. The lowest BCUT2D eigenvalue weighted by molar-refractivity contribution is -0.129. The Labute approximate surface area is 142 Å². The van der Waals surface area contributed by atoms with Gasteiger partial charge in [-0.15, -0.1) is 0 Å². The maximum Gasteiger partial charge on any atom is 0.338 e.